The van der Waals surface area contributed by atoms with Gasteiger partial charge in [0.15, 0.2) is 0 Å². The van der Waals surface area contributed by atoms with Crippen LogP contribution in [-0.2, 0) is 27.1 Å². The van der Waals surface area contributed by atoms with Crippen LogP contribution in [0.5, 0.6) is 0 Å². The van der Waals surface area contributed by atoms with Gasteiger partial charge in [0.2, 0.25) is 7.28 Å². The third-order valence-electron chi connectivity index (χ3n) is 18.1. The Morgan fingerprint density at radius 3 is 1.74 bits per heavy atom. The van der Waals surface area contributed by atoms with Crippen LogP contribution in [0.2, 0.25) is 0 Å². The zero-order valence-corrected chi connectivity index (χ0v) is 44.1. The third kappa shape index (κ3) is 6.69. The molecule has 8 aromatic carbocycles. The Balaban J connectivity index is 1.13. The largest absolute Gasteiger partial charge is 0.469 e. The maximum Gasteiger partial charge on any atom is 0.247 e. The molecule has 0 unspecified atom stereocenters. The molecule has 9 aromatic rings. The molecule has 1 aliphatic heterocycles. The van der Waals surface area contributed by atoms with Crippen molar-refractivity contribution in [2.24, 2.45) is 0 Å². The number of benzene rings is 8. The molecule has 1 N–H and O–H groups in total. The summed E-state index contributed by atoms with van der Waals surface area (Å²) < 4.78 is 7.41. The Hall–Kier alpha value is -6.78. The summed E-state index contributed by atoms with van der Waals surface area (Å²) in [7, 11) is 2.42. The Bertz CT molecular complexity index is 3730. The molecule has 0 bridgehead atoms. The second-order valence-electron chi connectivity index (χ2n) is 25.0. The SMILES string of the molecule is Cc1cc2c(cc1N1c3c(c(-c4cc5ccccc5cc4Nc4ccc(-c5ccccc5)cc4)cc4c3C(C)(C)c3ccccc3-4)[B]c3oc4cc5c(cc4c31)C(C)(C)CCC5(C)C)C(C)(C)CCC2(C)C. The fourth-order valence-corrected chi connectivity index (χ4v) is 13.6. The van der Waals surface area contributed by atoms with Crippen molar-refractivity contribution in [2.45, 2.75) is 129 Å². The average molecular weight is 938 g/mol. The monoisotopic (exact) mass is 938 g/mol. The molecule has 3 nitrogen and oxygen atoms in total. The van der Waals surface area contributed by atoms with Gasteiger partial charge in [0, 0.05) is 39.1 Å². The molecule has 2 heterocycles. The first-order valence-corrected chi connectivity index (χ1v) is 26.5. The van der Waals surface area contributed by atoms with Crippen molar-refractivity contribution in [2.75, 3.05) is 10.2 Å². The maximum absolute atomic E-state index is 7.41. The Kier molecular flexibility index (Phi) is 9.63. The van der Waals surface area contributed by atoms with Crippen molar-refractivity contribution in [3.8, 4) is 33.4 Å². The summed E-state index contributed by atoms with van der Waals surface area (Å²) >= 11 is 0. The van der Waals surface area contributed by atoms with E-state index in [-0.39, 0.29) is 27.1 Å². The molecule has 4 heteroatoms. The van der Waals surface area contributed by atoms with Gasteiger partial charge in [0.25, 0.3) is 0 Å². The predicted molar refractivity (Wildman–Crippen MR) is 307 cm³/mol. The van der Waals surface area contributed by atoms with Crippen molar-refractivity contribution in [1.82, 2.24) is 0 Å². The number of anilines is 5. The zero-order valence-electron chi connectivity index (χ0n) is 44.1. The molecule has 0 saturated carbocycles. The van der Waals surface area contributed by atoms with Gasteiger partial charge in [-0.15, -0.1) is 0 Å². The molecular weight excluding hydrogens is 872 g/mol. The highest BCUT2D eigenvalue weighted by Crippen LogP contribution is 2.59. The van der Waals surface area contributed by atoms with E-state index in [9.17, 15) is 0 Å². The highest BCUT2D eigenvalue weighted by atomic mass is 16.3. The van der Waals surface area contributed by atoms with Crippen LogP contribution in [0.1, 0.15) is 134 Å². The highest BCUT2D eigenvalue weighted by Gasteiger charge is 2.46. The second kappa shape index (κ2) is 15.4. The fraction of sp³-hybridized carbons (Fsp3) is 0.294. The summed E-state index contributed by atoms with van der Waals surface area (Å²) in [6, 6.07) is 54.9. The minimum atomic E-state index is -0.308. The first-order chi connectivity index (χ1) is 34.3. The number of aryl methyl sites for hydroxylation is 1. The van der Waals surface area contributed by atoms with E-state index in [1.54, 1.807) is 0 Å². The normalized spacial score (nSPS) is 18.1. The van der Waals surface area contributed by atoms with Gasteiger partial charge < -0.3 is 14.6 Å². The van der Waals surface area contributed by atoms with Gasteiger partial charge in [-0.3, -0.25) is 0 Å². The smallest absolute Gasteiger partial charge is 0.247 e. The van der Waals surface area contributed by atoms with Gasteiger partial charge in [-0.1, -0.05) is 166 Å². The van der Waals surface area contributed by atoms with Gasteiger partial charge in [0.1, 0.15) is 5.58 Å². The lowest BCUT2D eigenvalue weighted by molar-refractivity contribution is 0.332. The van der Waals surface area contributed by atoms with E-state index in [4.69, 9.17) is 4.42 Å². The molecule has 4 aliphatic rings. The van der Waals surface area contributed by atoms with E-state index in [1.807, 2.05) is 0 Å². The molecule has 72 heavy (non-hydrogen) atoms. The summed E-state index contributed by atoms with van der Waals surface area (Å²) in [4.78, 5) is 2.70. The molecule has 357 valence electrons. The minimum Gasteiger partial charge on any atom is -0.469 e. The van der Waals surface area contributed by atoms with Crippen LogP contribution < -0.4 is 21.3 Å². The molecule has 0 fully saturated rings. The summed E-state index contributed by atoms with van der Waals surface area (Å²) in [5, 5.41) is 7.58. The lowest BCUT2D eigenvalue weighted by Crippen LogP contribution is -2.42. The van der Waals surface area contributed by atoms with E-state index in [1.165, 1.54) is 106 Å². The van der Waals surface area contributed by atoms with Crippen LogP contribution in [0.15, 0.2) is 150 Å². The molecule has 0 amide bonds. The molecule has 0 spiro atoms. The molecule has 0 atom stereocenters. The van der Waals surface area contributed by atoms with Crippen LogP contribution in [0, 0.1) is 6.92 Å². The first kappa shape index (κ1) is 45.1. The van der Waals surface area contributed by atoms with Crippen molar-refractivity contribution < 1.29 is 4.42 Å². The Morgan fingerprint density at radius 2 is 1.06 bits per heavy atom. The van der Waals surface area contributed by atoms with Crippen molar-refractivity contribution in [1.29, 1.82) is 0 Å². The van der Waals surface area contributed by atoms with Gasteiger partial charge in [0.05, 0.1) is 11.3 Å². The van der Waals surface area contributed by atoms with Crippen LogP contribution in [0.4, 0.5) is 28.4 Å². The van der Waals surface area contributed by atoms with Crippen molar-refractivity contribution in [3.05, 3.63) is 185 Å². The van der Waals surface area contributed by atoms with E-state index >= 15 is 0 Å². The van der Waals surface area contributed by atoms with Crippen molar-refractivity contribution in [3.63, 3.8) is 0 Å². The van der Waals surface area contributed by atoms with E-state index in [2.05, 4.69) is 239 Å². The van der Waals surface area contributed by atoms with E-state index < -0.39 is 0 Å². The number of nitrogens with one attached hydrogen (secondary N) is 1. The van der Waals surface area contributed by atoms with E-state index in [0.717, 1.165) is 53.1 Å². The fourth-order valence-electron chi connectivity index (χ4n) is 13.6. The van der Waals surface area contributed by atoms with Gasteiger partial charge >= 0.3 is 0 Å². The first-order valence-electron chi connectivity index (χ1n) is 26.5. The topological polar surface area (TPSA) is 28.4 Å². The minimum absolute atomic E-state index is 0.0122. The highest BCUT2D eigenvalue weighted by molar-refractivity contribution is 6.73. The molecule has 1 aromatic heterocycles. The number of rotatable bonds is 5. The van der Waals surface area contributed by atoms with Crippen LogP contribution in [0.25, 0.3) is 55.1 Å². The standard InChI is InChI=1S/C68H66BN2O/c1-40-33-52-54(66(6,7)31-29-64(52,2)3)38-57(40)71-61-50-37-53-55(67(8,9)32-30-65(53,4)5)39-58(50)72-63(61)69-60-49(36-48-46-23-17-18-24-51(46)68(10,11)59(48)62(60)71)47-34-43-21-15-16-22-44(43)35-56(47)70-45-27-25-42(26-28-45)41-19-13-12-14-20-41/h12-28,33-39,70H,29-32H2,1-11H3. The molecule has 3 aliphatic carbocycles. The van der Waals surface area contributed by atoms with Gasteiger partial charge in [-0.05, 0) is 186 Å². The summed E-state index contributed by atoms with van der Waals surface area (Å²) in [6.07, 6.45) is 4.61. The number of nitrogens with zero attached hydrogens (tertiary/aromatic N) is 1. The summed E-state index contributed by atoms with van der Waals surface area (Å²) in [5.41, 5.74) is 25.8. The Morgan fingerprint density at radius 1 is 0.486 bits per heavy atom. The van der Waals surface area contributed by atoms with Crippen molar-refractivity contribution >= 4 is 68.6 Å². The molecule has 13 rings (SSSR count). The van der Waals surface area contributed by atoms with Crippen LogP contribution in [-0.4, -0.2) is 7.28 Å². The average Bonchev–Trinajstić information content (AvgIpc) is 3.84. The van der Waals surface area contributed by atoms with E-state index in [0.29, 0.717) is 0 Å². The molecular formula is C68H66BN2O. The number of fused-ring (bicyclic) bond motifs is 11. The predicted octanol–water partition coefficient (Wildman–Crippen LogP) is 17.4. The second-order valence-corrected chi connectivity index (χ2v) is 25.0. The number of hydrogen-bond acceptors (Lipinski definition) is 3. The van der Waals surface area contributed by atoms with Crippen LogP contribution in [0.3, 0.4) is 0 Å². The van der Waals surface area contributed by atoms with Gasteiger partial charge in [-0.25, -0.2) is 0 Å². The number of hydrogen-bond donors (Lipinski definition) is 1. The molecule has 0 saturated heterocycles. The lowest BCUT2D eigenvalue weighted by atomic mass is 9.59. The lowest BCUT2D eigenvalue weighted by Gasteiger charge is -2.44. The van der Waals surface area contributed by atoms with Crippen LogP contribution >= 0.6 is 0 Å². The summed E-state index contributed by atoms with van der Waals surface area (Å²) in [5.74, 6) is 0. The number of furan rings is 1. The third-order valence-corrected chi connectivity index (χ3v) is 18.1. The quantitative estimate of drug-likeness (QED) is 0.174. The molecule has 1 radical (unpaired) electrons. The Labute approximate surface area is 428 Å². The van der Waals surface area contributed by atoms with Gasteiger partial charge in [-0.2, -0.15) is 0 Å². The summed E-state index contributed by atoms with van der Waals surface area (Å²) in [6.45, 7) is 26.8. The maximum atomic E-state index is 7.41. The zero-order chi connectivity index (χ0) is 49.9.